The fraction of sp³-hybridized carbons (Fsp3) is 0.357. The predicted octanol–water partition coefficient (Wildman–Crippen LogP) is 2.41. The van der Waals surface area contributed by atoms with Crippen molar-refractivity contribution < 1.29 is 23.0 Å². The molecule has 112 valence electrons. The largest absolute Gasteiger partial charge is 0.458 e. The van der Waals surface area contributed by atoms with Crippen LogP contribution >= 0.6 is 0 Å². The zero-order chi connectivity index (χ0) is 15.4. The van der Waals surface area contributed by atoms with Gasteiger partial charge in [-0.05, 0) is 13.8 Å². The quantitative estimate of drug-likeness (QED) is 0.626. The average molecular weight is 296 g/mol. The number of carbonyl (C=O) groups excluding carboxylic acids is 1. The van der Waals surface area contributed by atoms with Gasteiger partial charge in [0.2, 0.25) is 0 Å². The van der Waals surface area contributed by atoms with Gasteiger partial charge in [0.25, 0.3) is 0 Å². The number of aryl methyl sites for hydroxylation is 1. The van der Waals surface area contributed by atoms with Crippen LogP contribution in [0.1, 0.15) is 23.1 Å². The van der Waals surface area contributed by atoms with Gasteiger partial charge in [-0.1, -0.05) is 0 Å². The van der Waals surface area contributed by atoms with Gasteiger partial charge in [0.15, 0.2) is 17.3 Å². The summed E-state index contributed by atoms with van der Waals surface area (Å²) < 4.78 is 36.3. The van der Waals surface area contributed by atoms with Crippen molar-refractivity contribution in [1.82, 2.24) is 9.97 Å². The Morgan fingerprint density at radius 3 is 2.38 bits per heavy atom. The number of ether oxygens (including phenoxy) is 2. The number of hydrogen-bond acceptors (Lipinski definition) is 5. The first-order chi connectivity index (χ1) is 10.0. The van der Waals surface area contributed by atoms with E-state index >= 15 is 0 Å². The molecule has 0 saturated carbocycles. The van der Waals surface area contributed by atoms with Crippen LogP contribution in [0.25, 0.3) is 11.0 Å². The second-order valence-corrected chi connectivity index (χ2v) is 4.25. The second kappa shape index (κ2) is 6.53. The van der Waals surface area contributed by atoms with Crippen LogP contribution in [0.2, 0.25) is 0 Å². The van der Waals surface area contributed by atoms with Crippen LogP contribution in [0.5, 0.6) is 0 Å². The fourth-order valence-electron chi connectivity index (χ4n) is 1.74. The number of hydrogen-bond donors (Lipinski definition) is 0. The first-order valence-electron chi connectivity index (χ1n) is 6.41. The number of carbonyl (C=O) groups is 1. The first kappa shape index (κ1) is 15.2. The maximum absolute atomic E-state index is 13.2. The summed E-state index contributed by atoms with van der Waals surface area (Å²) in [5.41, 5.74) is 0.536. The van der Waals surface area contributed by atoms with Gasteiger partial charge >= 0.3 is 5.97 Å². The third-order valence-corrected chi connectivity index (χ3v) is 2.74. The molecule has 0 atom stereocenters. The number of aromatic nitrogens is 2. The smallest absolute Gasteiger partial charge is 0.358 e. The molecule has 2 rings (SSSR count). The summed E-state index contributed by atoms with van der Waals surface area (Å²) >= 11 is 0. The summed E-state index contributed by atoms with van der Waals surface area (Å²) in [6.45, 7) is 4.27. The summed E-state index contributed by atoms with van der Waals surface area (Å²) in [6.07, 6.45) is 0. The number of fused-ring (bicyclic) bond motifs is 1. The maximum Gasteiger partial charge on any atom is 0.358 e. The Hall–Kier alpha value is -2.15. The normalized spacial score (nSPS) is 10.9. The number of halogens is 2. The molecule has 7 heteroatoms. The Labute approximate surface area is 119 Å². The molecule has 0 saturated heterocycles. The van der Waals surface area contributed by atoms with Gasteiger partial charge in [-0.2, -0.15) is 0 Å². The number of benzene rings is 1. The fourth-order valence-corrected chi connectivity index (χ4v) is 1.74. The molecule has 0 aliphatic heterocycles. The molecule has 2 aromatic rings. The Kier molecular flexibility index (Phi) is 4.74. The monoisotopic (exact) mass is 296 g/mol. The van der Waals surface area contributed by atoms with E-state index in [9.17, 15) is 13.6 Å². The average Bonchev–Trinajstić information content (AvgIpc) is 2.44. The van der Waals surface area contributed by atoms with Crippen LogP contribution in [0.3, 0.4) is 0 Å². The lowest BCUT2D eigenvalue weighted by Crippen LogP contribution is -2.14. The molecular formula is C14H14F2N2O3. The Bertz CT molecular complexity index is 677. The van der Waals surface area contributed by atoms with Crippen molar-refractivity contribution in [3.63, 3.8) is 0 Å². The lowest BCUT2D eigenvalue weighted by molar-refractivity contribution is 0.0328. The van der Waals surface area contributed by atoms with Gasteiger partial charge in [-0.15, -0.1) is 0 Å². The minimum absolute atomic E-state index is 0.0231. The Morgan fingerprint density at radius 1 is 1.14 bits per heavy atom. The topological polar surface area (TPSA) is 61.3 Å². The molecule has 0 fully saturated rings. The van der Waals surface area contributed by atoms with Crippen molar-refractivity contribution in [3.8, 4) is 0 Å². The lowest BCUT2D eigenvalue weighted by Gasteiger charge is -2.07. The van der Waals surface area contributed by atoms with Crippen molar-refractivity contribution in [1.29, 1.82) is 0 Å². The summed E-state index contributed by atoms with van der Waals surface area (Å²) in [4.78, 5) is 19.9. The van der Waals surface area contributed by atoms with Gasteiger partial charge in [-0.25, -0.2) is 23.5 Å². The van der Waals surface area contributed by atoms with Gasteiger partial charge in [0.1, 0.15) is 6.61 Å². The molecule has 0 N–H and O–H groups in total. The summed E-state index contributed by atoms with van der Waals surface area (Å²) in [5.74, 6) is -2.73. The Morgan fingerprint density at radius 2 is 1.76 bits per heavy atom. The third-order valence-electron chi connectivity index (χ3n) is 2.74. The van der Waals surface area contributed by atoms with Gasteiger partial charge in [-0.3, -0.25) is 0 Å². The third kappa shape index (κ3) is 3.49. The maximum atomic E-state index is 13.2. The van der Waals surface area contributed by atoms with Crippen LogP contribution in [-0.2, 0) is 9.47 Å². The molecule has 1 aromatic carbocycles. The van der Waals surface area contributed by atoms with E-state index in [0.29, 0.717) is 6.61 Å². The summed E-state index contributed by atoms with van der Waals surface area (Å²) in [5, 5.41) is 0. The molecule has 0 radical (unpaired) electrons. The van der Waals surface area contributed by atoms with Crippen molar-refractivity contribution in [2.24, 2.45) is 0 Å². The van der Waals surface area contributed by atoms with E-state index in [-0.39, 0.29) is 35.6 Å². The van der Waals surface area contributed by atoms with Gasteiger partial charge < -0.3 is 9.47 Å². The van der Waals surface area contributed by atoms with Crippen molar-refractivity contribution in [2.45, 2.75) is 13.8 Å². The minimum Gasteiger partial charge on any atom is -0.458 e. The highest BCUT2D eigenvalue weighted by molar-refractivity contribution is 5.91. The van der Waals surface area contributed by atoms with Crippen molar-refractivity contribution >= 4 is 17.0 Å². The van der Waals surface area contributed by atoms with E-state index in [1.165, 1.54) is 0 Å². The van der Waals surface area contributed by atoms with Crippen molar-refractivity contribution in [3.05, 3.63) is 35.2 Å². The van der Waals surface area contributed by atoms with Crippen molar-refractivity contribution in [2.75, 3.05) is 19.8 Å². The van der Waals surface area contributed by atoms with E-state index in [2.05, 4.69) is 9.97 Å². The van der Waals surface area contributed by atoms with Crippen LogP contribution in [0.4, 0.5) is 8.78 Å². The van der Waals surface area contributed by atoms with Crippen LogP contribution in [0, 0.1) is 18.6 Å². The van der Waals surface area contributed by atoms with E-state index in [1.807, 2.05) is 6.92 Å². The number of rotatable bonds is 5. The van der Waals surface area contributed by atoms with E-state index in [4.69, 9.17) is 9.47 Å². The van der Waals surface area contributed by atoms with Gasteiger partial charge in [0, 0.05) is 18.7 Å². The molecule has 0 aliphatic rings. The molecule has 21 heavy (non-hydrogen) atoms. The zero-order valence-corrected chi connectivity index (χ0v) is 11.7. The Balaban J connectivity index is 2.25. The van der Waals surface area contributed by atoms with Crippen LogP contribution in [0.15, 0.2) is 12.1 Å². The minimum atomic E-state index is -1.05. The highest BCUT2D eigenvalue weighted by Crippen LogP contribution is 2.17. The van der Waals surface area contributed by atoms with E-state index in [0.717, 1.165) is 12.1 Å². The lowest BCUT2D eigenvalue weighted by atomic mass is 10.2. The van der Waals surface area contributed by atoms with Crippen LogP contribution in [-0.4, -0.2) is 35.8 Å². The van der Waals surface area contributed by atoms with Gasteiger partial charge in [0.05, 0.1) is 23.3 Å². The number of nitrogens with zero attached hydrogens (tertiary/aromatic N) is 2. The van der Waals surface area contributed by atoms with E-state index in [1.54, 1.807) is 6.92 Å². The van der Waals surface area contributed by atoms with Crippen LogP contribution < -0.4 is 0 Å². The molecule has 1 heterocycles. The molecule has 1 aromatic heterocycles. The standard InChI is InChI=1S/C14H14F2N2O3/c1-3-20-4-5-21-14(19)13-8(2)17-11-6-9(15)10(16)7-12(11)18-13/h6-7H,3-5H2,1-2H3. The molecule has 0 unspecified atom stereocenters. The molecule has 5 nitrogen and oxygen atoms in total. The predicted molar refractivity (Wildman–Crippen MR) is 71.0 cm³/mol. The molecule has 0 amide bonds. The molecular weight excluding hydrogens is 282 g/mol. The second-order valence-electron chi connectivity index (χ2n) is 4.25. The van der Waals surface area contributed by atoms with E-state index < -0.39 is 17.6 Å². The SMILES string of the molecule is CCOCCOC(=O)c1nc2cc(F)c(F)cc2nc1C. The zero-order valence-electron chi connectivity index (χ0n) is 11.7. The summed E-state index contributed by atoms with van der Waals surface area (Å²) in [6, 6.07) is 1.84. The highest BCUT2D eigenvalue weighted by atomic mass is 19.2. The summed E-state index contributed by atoms with van der Waals surface area (Å²) in [7, 11) is 0. The molecule has 0 aliphatic carbocycles. The first-order valence-corrected chi connectivity index (χ1v) is 6.41. The molecule has 0 spiro atoms. The molecule has 0 bridgehead atoms. The number of esters is 1. The highest BCUT2D eigenvalue weighted by Gasteiger charge is 2.16.